The standard InChI is InChI=1S/C12H8BrF2N3O2S2/c13-7-4-6(14)5-8(15)12(7)22(19,20)18-10-3-1-2-9(16)11(10)17-21/h1-5,18H,16H2. The Morgan fingerprint density at radius 2 is 1.95 bits per heavy atom. The molecule has 0 saturated heterocycles. The summed E-state index contributed by atoms with van der Waals surface area (Å²) >= 11 is 7.37. The number of benzene rings is 2. The number of nitrogen functional groups attached to an aromatic ring is 1. The van der Waals surface area contributed by atoms with Gasteiger partial charge in [-0.1, -0.05) is 6.07 Å². The smallest absolute Gasteiger partial charge is 0.266 e. The van der Waals surface area contributed by atoms with E-state index in [1.54, 1.807) is 0 Å². The normalized spacial score (nSPS) is 11.2. The van der Waals surface area contributed by atoms with Gasteiger partial charge in [0, 0.05) is 23.0 Å². The van der Waals surface area contributed by atoms with Crippen LogP contribution in [0.15, 0.2) is 44.1 Å². The molecule has 0 spiro atoms. The SMILES string of the molecule is Nc1cccc(NS(=O)(=O)c2c(F)cc(F)cc2Br)c1N=S. The molecule has 0 aromatic heterocycles. The van der Waals surface area contributed by atoms with E-state index >= 15 is 0 Å². The molecular weight excluding hydrogens is 400 g/mol. The number of hydrogen-bond donors (Lipinski definition) is 2. The van der Waals surface area contributed by atoms with Crippen LogP contribution in [0.2, 0.25) is 0 Å². The summed E-state index contributed by atoms with van der Waals surface area (Å²) in [5.41, 5.74) is 5.83. The highest BCUT2D eigenvalue weighted by Gasteiger charge is 2.25. The van der Waals surface area contributed by atoms with Crippen molar-refractivity contribution < 1.29 is 17.2 Å². The Morgan fingerprint density at radius 1 is 1.27 bits per heavy atom. The maximum atomic E-state index is 13.8. The van der Waals surface area contributed by atoms with E-state index in [4.69, 9.17) is 5.73 Å². The van der Waals surface area contributed by atoms with Gasteiger partial charge in [-0.2, -0.15) is 4.36 Å². The molecule has 0 aliphatic rings. The number of rotatable bonds is 4. The third kappa shape index (κ3) is 3.23. The second-order valence-corrected chi connectivity index (χ2v) is 6.79. The minimum atomic E-state index is -4.34. The molecule has 2 aromatic rings. The van der Waals surface area contributed by atoms with Crippen molar-refractivity contribution in [2.24, 2.45) is 4.36 Å². The highest BCUT2D eigenvalue weighted by atomic mass is 79.9. The van der Waals surface area contributed by atoms with Gasteiger partial charge in [0.05, 0.1) is 11.4 Å². The Bertz CT molecular complexity index is 836. The third-order valence-corrected chi connectivity index (χ3v) is 5.15. The van der Waals surface area contributed by atoms with E-state index in [-0.39, 0.29) is 21.5 Å². The maximum Gasteiger partial charge on any atom is 0.266 e. The highest BCUT2D eigenvalue weighted by molar-refractivity contribution is 9.10. The van der Waals surface area contributed by atoms with E-state index in [9.17, 15) is 17.2 Å². The fraction of sp³-hybridized carbons (Fsp3) is 0. The average molecular weight is 408 g/mol. The van der Waals surface area contributed by atoms with Crippen molar-refractivity contribution in [2.75, 3.05) is 10.5 Å². The summed E-state index contributed by atoms with van der Waals surface area (Å²) in [4.78, 5) is -0.730. The van der Waals surface area contributed by atoms with Crippen molar-refractivity contribution in [3.8, 4) is 0 Å². The Balaban J connectivity index is 2.55. The number of nitrogens with zero attached hydrogens (tertiary/aromatic N) is 1. The molecule has 2 aromatic carbocycles. The van der Waals surface area contributed by atoms with Gasteiger partial charge in [0.2, 0.25) is 0 Å². The van der Waals surface area contributed by atoms with Crippen LogP contribution in [0, 0.1) is 11.6 Å². The fourth-order valence-electron chi connectivity index (χ4n) is 1.73. The molecule has 0 unspecified atom stereocenters. The van der Waals surface area contributed by atoms with Crippen molar-refractivity contribution in [1.82, 2.24) is 0 Å². The van der Waals surface area contributed by atoms with Crippen LogP contribution in [0.25, 0.3) is 0 Å². The number of nitrogens with two attached hydrogens (primary N) is 1. The van der Waals surface area contributed by atoms with Gasteiger partial charge in [0.25, 0.3) is 10.0 Å². The summed E-state index contributed by atoms with van der Waals surface area (Å²) in [7, 11) is -4.34. The monoisotopic (exact) mass is 407 g/mol. The molecule has 0 aliphatic heterocycles. The summed E-state index contributed by atoms with van der Waals surface area (Å²) < 4.78 is 56.9. The van der Waals surface area contributed by atoms with Crippen LogP contribution in [-0.4, -0.2) is 8.42 Å². The van der Waals surface area contributed by atoms with Gasteiger partial charge < -0.3 is 5.73 Å². The first-order chi connectivity index (χ1) is 10.3. The van der Waals surface area contributed by atoms with Crippen molar-refractivity contribution in [1.29, 1.82) is 0 Å². The van der Waals surface area contributed by atoms with Gasteiger partial charge in [-0.25, -0.2) is 17.2 Å². The first kappa shape index (κ1) is 16.7. The molecule has 5 nitrogen and oxygen atoms in total. The lowest BCUT2D eigenvalue weighted by Crippen LogP contribution is -2.16. The zero-order valence-electron chi connectivity index (χ0n) is 10.7. The number of hydrogen-bond acceptors (Lipinski definition) is 5. The van der Waals surface area contributed by atoms with Gasteiger partial charge in [0.15, 0.2) is 0 Å². The van der Waals surface area contributed by atoms with Crippen molar-refractivity contribution in [3.05, 3.63) is 46.4 Å². The minimum Gasteiger partial charge on any atom is -0.397 e. The lowest BCUT2D eigenvalue weighted by Gasteiger charge is -2.12. The molecule has 0 saturated carbocycles. The van der Waals surface area contributed by atoms with E-state index in [1.807, 2.05) is 0 Å². The van der Waals surface area contributed by atoms with E-state index in [2.05, 4.69) is 37.4 Å². The second kappa shape index (κ2) is 6.23. The quantitative estimate of drug-likeness (QED) is 0.759. The number of sulfonamides is 1. The molecule has 0 aliphatic carbocycles. The minimum absolute atomic E-state index is 0.00868. The van der Waals surface area contributed by atoms with Crippen LogP contribution in [0.1, 0.15) is 0 Å². The van der Waals surface area contributed by atoms with Crippen LogP contribution < -0.4 is 10.5 Å². The first-order valence-corrected chi connectivity index (χ1v) is 8.29. The van der Waals surface area contributed by atoms with Crippen molar-refractivity contribution in [3.63, 3.8) is 0 Å². The van der Waals surface area contributed by atoms with Gasteiger partial charge in [-0.05, 0) is 34.1 Å². The summed E-state index contributed by atoms with van der Waals surface area (Å²) in [6.45, 7) is 0. The van der Waals surface area contributed by atoms with Crippen molar-refractivity contribution >= 4 is 55.4 Å². The molecule has 0 radical (unpaired) electrons. The average Bonchev–Trinajstić information content (AvgIpc) is 2.36. The summed E-state index contributed by atoms with van der Waals surface area (Å²) in [5.74, 6) is -2.14. The zero-order valence-corrected chi connectivity index (χ0v) is 13.9. The van der Waals surface area contributed by atoms with E-state index < -0.39 is 26.6 Å². The molecule has 0 bridgehead atoms. The Labute approximate surface area is 138 Å². The molecule has 0 atom stereocenters. The predicted molar refractivity (Wildman–Crippen MR) is 85.2 cm³/mol. The molecule has 0 heterocycles. The molecule has 10 heteroatoms. The van der Waals surface area contributed by atoms with Crippen LogP contribution in [-0.2, 0) is 22.4 Å². The molecule has 2 rings (SSSR count). The zero-order chi connectivity index (χ0) is 16.5. The largest absolute Gasteiger partial charge is 0.397 e. The lowest BCUT2D eigenvalue weighted by atomic mass is 10.2. The highest BCUT2D eigenvalue weighted by Crippen LogP contribution is 2.34. The van der Waals surface area contributed by atoms with Gasteiger partial charge in [0.1, 0.15) is 22.2 Å². The third-order valence-electron chi connectivity index (χ3n) is 2.63. The lowest BCUT2D eigenvalue weighted by molar-refractivity contribution is 0.548. The Morgan fingerprint density at radius 3 is 2.55 bits per heavy atom. The molecule has 3 N–H and O–H groups in total. The van der Waals surface area contributed by atoms with Gasteiger partial charge >= 0.3 is 0 Å². The molecule has 0 fully saturated rings. The first-order valence-electron chi connectivity index (χ1n) is 5.65. The topological polar surface area (TPSA) is 84.5 Å². The van der Waals surface area contributed by atoms with Crippen LogP contribution in [0.5, 0.6) is 0 Å². The van der Waals surface area contributed by atoms with Gasteiger partial charge in [-0.15, -0.1) is 0 Å². The Kier molecular flexibility index (Phi) is 4.73. The summed E-state index contributed by atoms with van der Waals surface area (Å²) in [5, 5.41) is 0. The summed E-state index contributed by atoms with van der Waals surface area (Å²) in [6, 6.07) is 5.64. The number of halogens is 3. The van der Waals surface area contributed by atoms with E-state index in [0.29, 0.717) is 6.07 Å². The van der Waals surface area contributed by atoms with E-state index in [1.165, 1.54) is 18.2 Å². The van der Waals surface area contributed by atoms with E-state index in [0.717, 1.165) is 6.07 Å². The second-order valence-electron chi connectivity index (χ2n) is 4.14. The number of anilines is 2. The van der Waals surface area contributed by atoms with Crippen LogP contribution in [0.3, 0.4) is 0 Å². The maximum absolute atomic E-state index is 13.8. The molecular formula is C12H8BrF2N3O2S2. The molecule has 116 valence electrons. The van der Waals surface area contributed by atoms with Crippen LogP contribution in [0.4, 0.5) is 25.8 Å². The summed E-state index contributed by atoms with van der Waals surface area (Å²) in [6.07, 6.45) is 0. The van der Waals surface area contributed by atoms with Crippen LogP contribution >= 0.6 is 15.9 Å². The fourth-order valence-corrected chi connectivity index (χ4v) is 4.17. The number of nitrogens with one attached hydrogen (secondary N) is 1. The Hall–Kier alpha value is -1.65. The predicted octanol–water partition coefficient (Wildman–Crippen LogP) is 3.47. The van der Waals surface area contributed by atoms with Gasteiger partial charge in [-0.3, -0.25) is 4.72 Å². The molecule has 0 amide bonds. The van der Waals surface area contributed by atoms with Crippen molar-refractivity contribution in [2.45, 2.75) is 4.90 Å². The molecule has 22 heavy (non-hydrogen) atoms.